The van der Waals surface area contributed by atoms with E-state index in [-0.39, 0.29) is 0 Å². The highest BCUT2D eigenvalue weighted by Crippen LogP contribution is 2.12. The van der Waals surface area contributed by atoms with Crippen LogP contribution in [0, 0.1) is 11.8 Å². The third kappa shape index (κ3) is 21.8. The van der Waals surface area contributed by atoms with Crippen LogP contribution >= 0.6 is 0 Å². The average Bonchev–Trinajstić information content (AvgIpc) is 2.68. The second-order valence-corrected chi connectivity index (χ2v) is 7.14. The van der Waals surface area contributed by atoms with Crippen LogP contribution in [-0.2, 0) is 9.47 Å². The molecule has 0 saturated carbocycles. The molecule has 1 fully saturated rings. The van der Waals surface area contributed by atoms with E-state index in [2.05, 4.69) is 27.7 Å². The van der Waals surface area contributed by atoms with Crippen molar-refractivity contribution in [2.24, 2.45) is 11.8 Å². The molecule has 2 atom stereocenters. The quantitative estimate of drug-likeness (QED) is 0.474. The number of ether oxygens (including phenoxy) is 2. The Morgan fingerprint density at radius 2 is 1.36 bits per heavy atom. The number of aliphatic hydroxyl groups is 1. The van der Waals surface area contributed by atoms with Gasteiger partial charge in [-0.25, -0.2) is 0 Å². The van der Waals surface area contributed by atoms with E-state index in [1.807, 2.05) is 0 Å². The van der Waals surface area contributed by atoms with Gasteiger partial charge in [-0.1, -0.05) is 66.2 Å². The third-order valence-corrected chi connectivity index (χ3v) is 4.82. The van der Waals surface area contributed by atoms with Gasteiger partial charge in [0.05, 0.1) is 0 Å². The highest BCUT2D eigenvalue weighted by atomic mass is 16.5. The number of hydrogen-bond acceptors (Lipinski definition) is 3. The number of methoxy groups -OCH3 is 1. The highest BCUT2D eigenvalue weighted by molar-refractivity contribution is 4.55. The summed E-state index contributed by atoms with van der Waals surface area (Å²) < 4.78 is 10.2. The van der Waals surface area contributed by atoms with Gasteiger partial charge in [-0.05, 0) is 43.9 Å². The molecule has 0 aromatic carbocycles. The number of unbranched alkanes of at least 4 members (excludes halogenated alkanes) is 2. The van der Waals surface area contributed by atoms with Crippen LogP contribution in [0.15, 0.2) is 0 Å². The van der Waals surface area contributed by atoms with Crippen LogP contribution in [0.25, 0.3) is 0 Å². The number of aliphatic hydroxyl groups excluding tert-OH is 1. The molecule has 1 heterocycles. The first kappa shape index (κ1) is 27.1. The first-order chi connectivity index (χ1) is 12.2. The minimum Gasteiger partial charge on any atom is -0.396 e. The summed E-state index contributed by atoms with van der Waals surface area (Å²) in [5.41, 5.74) is 0. The number of rotatable bonds is 11. The molecule has 0 spiro atoms. The Balaban J connectivity index is 0. The van der Waals surface area contributed by atoms with Crippen LogP contribution in [0.3, 0.4) is 0 Å². The predicted octanol–water partition coefficient (Wildman–Crippen LogP) is 6.23. The van der Waals surface area contributed by atoms with Gasteiger partial charge in [0.2, 0.25) is 0 Å². The Hall–Kier alpha value is -0.120. The van der Waals surface area contributed by atoms with Crippen LogP contribution in [0.1, 0.15) is 98.3 Å². The Labute approximate surface area is 158 Å². The lowest BCUT2D eigenvalue weighted by molar-refractivity contribution is 0.0968. The molecule has 1 saturated heterocycles. The molecule has 3 heteroatoms. The van der Waals surface area contributed by atoms with Crippen molar-refractivity contribution < 1.29 is 14.6 Å². The molecule has 2 unspecified atom stereocenters. The van der Waals surface area contributed by atoms with Crippen molar-refractivity contribution in [2.45, 2.75) is 98.3 Å². The van der Waals surface area contributed by atoms with Gasteiger partial charge in [-0.15, -0.1) is 0 Å². The van der Waals surface area contributed by atoms with Crippen molar-refractivity contribution in [3.63, 3.8) is 0 Å². The summed E-state index contributed by atoms with van der Waals surface area (Å²) in [5.74, 6) is 1.36. The molecule has 0 amide bonds. The average molecular weight is 361 g/mol. The zero-order valence-corrected chi connectivity index (χ0v) is 18.0. The molecule has 154 valence electrons. The fourth-order valence-corrected chi connectivity index (χ4v) is 2.74. The van der Waals surface area contributed by atoms with Crippen LogP contribution in [0.4, 0.5) is 0 Å². The molecule has 0 aromatic rings. The van der Waals surface area contributed by atoms with Crippen LogP contribution in [0.2, 0.25) is 0 Å². The van der Waals surface area contributed by atoms with Crippen molar-refractivity contribution in [2.75, 3.05) is 33.5 Å². The summed E-state index contributed by atoms with van der Waals surface area (Å²) in [6, 6.07) is 0. The number of hydrogen-bond donors (Lipinski definition) is 1. The van der Waals surface area contributed by atoms with Gasteiger partial charge < -0.3 is 14.6 Å². The summed E-state index contributed by atoms with van der Waals surface area (Å²) in [4.78, 5) is 0. The summed E-state index contributed by atoms with van der Waals surface area (Å²) in [6.07, 6.45) is 14.0. The molecule has 3 nitrogen and oxygen atoms in total. The maximum absolute atomic E-state index is 8.75. The van der Waals surface area contributed by atoms with Crippen molar-refractivity contribution in [1.82, 2.24) is 0 Å². The highest BCUT2D eigenvalue weighted by Gasteiger charge is 2.03. The fourth-order valence-electron chi connectivity index (χ4n) is 2.74. The minimum absolute atomic E-state index is 0.372. The standard InChI is InChI=1S/C9H20O.C8H18O.C5H10O/c1-4-6-7-9(5-2)8-10-3;1-3-5-6-8(4-2)7-9;1-2-4-6-5-3-1/h9H,4-8H2,1-3H3;8-9H,3-7H2,1-2H3;1-5H2. The van der Waals surface area contributed by atoms with Gasteiger partial charge in [0.1, 0.15) is 0 Å². The minimum atomic E-state index is 0.372. The van der Waals surface area contributed by atoms with Crippen molar-refractivity contribution >= 4 is 0 Å². The largest absolute Gasteiger partial charge is 0.396 e. The van der Waals surface area contributed by atoms with Crippen molar-refractivity contribution in [3.05, 3.63) is 0 Å². The van der Waals surface area contributed by atoms with Crippen LogP contribution in [0.5, 0.6) is 0 Å². The van der Waals surface area contributed by atoms with E-state index in [0.29, 0.717) is 12.5 Å². The molecule has 0 bridgehead atoms. The summed E-state index contributed by atoms with van der Waals surface area (Å²) >= 11 is 0. The molecule has 0 aromatic heterocycles. The van der Waals surface area contributed by atoms with Gasteiger partial charge >= 0.3 is 0 Å². The molecule has 25 heavy (non-hydrogen) atoms. The Bertz CT molecular complexity index is 202. The van der Waals surface area contributed by atoms with E-state index in [1.165, 1.54) is 64.2 Å². The zero-order chi connectivity index (χ0) is 19.2. The normalized spacial score (nSPS) is 16.1. The van der Waals surface area contributed by atoms with E-state index < -0.39 is 0 Å². The van der Waals surface area contributed by atoms with Gasteiger partial charge in [0, 0.05) is 33.5 Å². The molecular formula is C22H48O3. The third-order valence-electron chi connectivity index (χ3n) is 4.82. The van der Waals surface area contributed by atoms with Crippen molar-refractivity contribution in [3.8, 4) is 0 Å². The van der Waals surface area contributed by atoms with Gasteiger partial charge in [0.25, 0.3) is 0 Å². The fraction of sp³-hybridized carbons (Fsp3) is 1.00. The summed E-state index contributed by atoms with van der Waals surface area (Å²) in [7, 11) is 1.79. The second kappa shape index (κ2) is 23.9. The van der Waals surface area contributed by atoms with Gasteiger partial charge in [0.15, 0.2) is 0 Å². The topological polar surface area (TPSA) is 38.7 Å². The monoisotopic (exact) mass is 360 g/mol. The van der Waals surface area contributed by atoms with E-state index in [4.69, 9.17) is 14.6 Å². The van der Waals surface area contributed by atoms with E-state index in [0.717, 1.165) is 32.2 Å². The first-order valence-electron chi connectivity index (χ1n) is 10.9. The van der Waals surface area contributed by atoms with Crippen LogP contribution in [-0.4, -0.2) is 38.6 Å². The van der Waals surface area contributed by atoms with Crippen molar-refractivity contribution in [1.29, 1.82) is 0 Å². The summed E-state index contributed by atoms with van der Waals surface area (Å²) in [6.45, 7) is 12.1. The van der Waals surface area contributed by atoms with Gasteiger partial charge in [-0.3, -0.25) is 0 Å². The molecule has 0 radical (unpaired) electrons. The lowest BCUT2D eigenvalue weighted by Gasteiger charge is -2.11. The molecule has 0 aliphatic carbocycles. The zero-order valence-electron chi connectivity index (χ0n) is 18.0. The molecule has 1 rings (SSSR count). The summed E-state index contributed by atoms with van der Waals surface area (Å²) in [5, 5.41) is 8.75. The lowest BCUT2D eigenvalue weighted by Crippen LogP contribution is -2.06. The molecule has 1 aliphatic rings. The maximum atomic E-state index is 8.75. The molecule has 1 aliphatic heterocycles. The van der Waals surface area contributed by atoms with E-state index in [1.54, 1.807) is 7.11 Å². The lowest BCUT2D eigenvalue weighted by atomic mass is 10.0. The maximum Gasteiger partial charge on any atom is 0.0490 e. The Morgan fingerprint density at radius 1 is 0.840 bits per heavy atom. The second-order valence-electron chi connectivity index (χ2n) is 7.14. The first-order valence-corrected chi connectivity index (χ1v) is 10.9. The van der Waals surface area contributed by atoms with Crippen LogP contribution < -0.4 is 0 Å². The molecular weight excluding hydrogens is 312 g/mol. The molecule has 1 N–H and O–H groups in total. The SMILES string of the molecule is C1CCOCC1.CCCCC(CC)CO.CCCCC(CC)COC. The smallest absolute Gasteiger partial charge is 0.0490 e. The van der Waals surface area contributed by atoms with E-state index >= 15 is 0 Å². The Kier molecular flexibility index (Phi) is 25.9. The predicted molar refractivity (Wildman–Crippen MR) is 110 cm³/mol. The Morgan fingerprint density at radius 3 is 1.64 bits per heavy atom. The van der Waals surface area contributed by atoms with E-state index in [9.17, 15) is 0 Å². The van der Waals surface area contributed by atoms with Gasteiger partial charge in [-0.2, -0.15) is 0 Å².